The second-order valence-electron chi connectivity index (χ2n) is 5.27. The second-order valence-corrected chi connectivity index (χ2v) is 5.27. The fraction of sp³-hybridized carbons (Fsp3) is 0.857. The van der Waals surface area contributed by atoms with Gasteiger partial charge in [0.2, 0.25) is 0 Å². The summed E-state index contributed by atoms with van der Waals surface area (Å²) in [5.41, 5.74) is 0. The zero-order valence-corrected chi connectivity index (χ0v) is 12.7. The Morgan fingerprint density at radius 3 is 2.84 bits per heavy atom. The van der Waals surface area contributed by atoms with Gasteiger partial charge in [0.1, 0.15) is 12.2 Å². The molecule has 1 heterocycles. The summed E-state index contributed by atoms with van der Waals surface area (Å²) in [5, 5.41) is 7.75. The summed E-state index contributed by atoms with van der Waals surface area (Å²) in [6.45, 7) is 9.21. The summed E-state index contributed by atoms with van der Waals surface area (Å²) < 4.78 is 7.08. The molecular formula is C14H28N4O. The van der Waals surface area contributed by atoms with Crippen LogP contribution in [0, 0.1) is 5.92 Å². The minimum absolute atomic E-state index is 0.376. The minimum Gasteiger partial charge on any atom is -0.383 e. The third-order valence-corrected chi connectivity index (χ3v) is 3.22. The van der Waals surface area contributed by atoms with E-state index in [-0.39, 0.29) is 0 Å². The van der Waals surface area contributed by atoms with Crippen LogP contribution in [0.25, 0.3) is 0 Å². The zero-order valence-electron chi connectivity index (χ0n) is 12.7. The van der Waals surface area contributed by atoms with Gasteiger partial charge in [0.25, 0.3) is 0 Å². The lowest BCUT2D eigenvalue weighted by Crippen LogP contribution is -2.28. The smallest absolute Gasteiger partial charge is 0.138 e. The van der Waals surface area contributed by atoms with E-state index in [1.807, 2.05) is 4.68 Å². The van der Waals surface area contributed by atoms with Crippen molar-refractivity contribution in [1.29, 1.82) is 0 Å². The van der Waals surface area contributed by atoms with E-state index >= 15 is 0 Å². The lowest BCUT2D eigenvalue weighted by atomic mass is 9.99. The van der Waals surface area contributed by atoms with Gasteiger partial charge in [-0.15, -0.1) is 0 Å². The highest BCUT2D eigenvalue weighted by atomic mass is 16.5. The first kappa shape index (κ1) is 16.1. The maximum absolute atomic E-state index is 5.05. The largest absolute Gasteiger partial charge is 0.383 e. The molecule has 0 saturated carbocycles. The average molecular weight is 268 g/mol. The van der Waals surface area contributed by atoms with Crippen molar-refractivity contribution in [1.82, 2.24) is 20.1 Å². The van der Waals surface area contributed by atoms with Gasteiger partial charge in [-0.05, 0) is 32.7 Å². The SMILES string of the molecule is CCCC(CNCCOC)Cc1ncnn1C(C)C. The van der Waals surface area contributed by atoms with E-state index in [9.17, 15) is 0 Å². The van der Waals surface area contributed by atoms with Crippen LogP contribution in [0.5, 0.6) is 0 Å². The lowest BCUT2D eigenvalue weighted by molar-refractivity contribution is 0.197. The highest BCUT2D eigenvalue weighted by Crippen LogP contribution is 2.14. The Balaban J connectivity index is 2.49. The van der Waals surface area contributed by atoms with Gasteiger partial charge in [0, 0.05) is 26.1 Å². The summed E-state index contributed by atoms with van der Waals surface area (Å²) in [7, 11) is 1.73. The van der Waals surface area contributed by atoms with E-state index < -0.39 is 0 Å². The van der Waals surface area contributed by atoms with Crippen LogP contribution in [0.15, 0.2) is 6.33 Å². The first-order valence-corrected chi connectivity index (χ1v) is 7.27. The molecule has 1 N–H and O–H groups in total. The van der Waals surface area contributed by atoms with Gasteiger partial charge in [-0.3, -0.25) is 0 Å². The van der Waals surface area contributed by atoms with Crippen LogP contribution in [0.2, 0.25) is 0 Å². The van der Waals surface area contributed by atoms with Crippen molar-refractivity contribution in [2.75, 3.05) is 26.8 Å². The van der Waals surface area contributed by atoms with E-state index in [2.05, 4.69) is 36.2 Å². The van der Waals surface area contributed by atoms with Gasteiger partial charge in [-0.1, -0.05) is 13.3 Å². The molecule has 0 saturated heterocycles. The van der Waals surface area contributed by atoms with Crippen molar-refractivity contribution in [2.24, 2.45) is 5.92 Å². The van der Waals surface area contributed by atoms with Crippen molar-refractivity contribution < 1.29 is 4.74 Å². The quantitative estimate of drug-likeness (QED) is 0.660. The summed E-state index contributed by atoms with van der Waals surface area (Å²) >= 11 is 0. The zero-order chi connectivity index (χ0) is 14.1. The molecular weight excluding hydrogens is 240 g/mol. The molecule has 5 heteroatoms. The van der Waals surface area contributed by atoms with Crippen molar-refractivity contribution in [2.45, 2.75) is 46.1 Å². The summed E-state index contributed by atoms with van der Waals surface area (Å²) in [5.74, 6) is 1.71. The topological polar surface area (TPSA) is 52.0 Å². The fourth-order valence-corrected chi connectivity index (χ4v) is 2.27. The maximum atomic E-state index is 5.05. The Bertz CT molecular complexity index is 338. The summed E-state index contributed by atoms with van der Waals surface area (Å²) in [4.78, 5) is 4.40. The molecule has 0 aliphatic rings. The van der Waals surface area contributed by atoms with Crippen LogP contribution in [0.4, 0.5) is 0 Å². The molecule has 1 unspecified atom stereocenters. The fourth-order valence-electron chi connectivity index (χ4n) is 2.27. The van der Waals surface area contributed by atoms with Crippen LogP contribution < -0.4 is 5.32 Å². The Kier molecular flexibility index (Phi) is 7.67. The molecule has 0 aliphatic heterocycles. The Hall–Kier alpha value is -0.940. The van der Waals surface area contributed by atoms with Gasteiger partial charge >= 0.3 is 0 Å². The second kappa shape index (κ2) is 9.04. The van der Waals surface area contributed by atoms with Crippen molar-refractivity contribution in [3.63, 3.8) is 0 Å². The molecule has 19 heavy (non-hydrogen) atoms. The first-order chi connectivity index (χ1) is 9.19. The highest BCUT2D eigenvalue weighted by molar-refractivity contribution is 4.89. The highest BCUT2D eigenvalue weighted by Gasteiger charge is 2.14. The van der Waals surface area contributed by atoms with Crippen LogP contribution in [-0.2, 0) is 11.2 Å². The number of ether oxygens (including phenoxy) is 1. The molecule has 110 valence electrons. The molecule has 0 aliphatic carbocycles. The van der Waals surface area contributed by atoms with Gasteiger partial charge < -0.3 is 10.1 Å². The number of hydrogen-bond donors (Lipinski definition) is 1. The lowest BCUT2D eigenvalue weighted by Gasteiger charge is -2.18. The first-order valence-electron chi connectivity index (χ1n) is 7.27. The molecule has 0 spiro atoms. The molecule has 0 radical (unpaired) electrons. The number of hydrogen-bond acceptors (Lipinski definition) is 4. The van der Waals surface area contributed by atoms with Crippen molar-refractivity contribution in [3.05, 3.63) is 12.2 Å². The molecule has 1 atom stereocenters. The van der Waals surface area contributed by atoms with E-state index in [0.717, 1.165) is 31.9 Å². The average Bonchev–Trinajstić information content (AvgIpc) is 2.83. The summed E-state index contributed by atoms with van der Waals surface area (Å²) in [6, 6.07) is 0.376. The molecule has 1 rings (SSSR count). The van der Waals surface area contributed by atoms with E-state index in [0.29, 0.717) is 12.0 Å². The van der Waals surface area contributed by atoms with Gasteiger partial charge in [-0.25, -0.2) is 9.67 Å². The van der Waals surface area contributed by atoms with Gasteiger partial charge in [0.15, 0.2) is 0 Å². The molecule has 0 amide bonds. The predicted octanol–water partition coefficient (Wildman–Crippen LogP) is 2.05. The summed E-state index contributed by atoms with van der Waals surface area (Å²) in [6.07, 6.45) is 5.07. The standard InChI is InChI=1S/C14H28N4O/c1-5-6-13(10-15-7-8-19-4)9-14-16-11-17-18(14)12(2)3/h11-13,15H,5-10H2,1-4H3. The van der Waals surface area contributed by atoms with Crippen molar-refractivity contribution >= 4 is 0 Å². The molecule has 5 nitrogen and oxygen atoms in total. The third kappa shape index (κ3) is 5.70. The van der Waals surface area contributed by atoms with Crippen LogP contribution in [0.1, 0.15) is 45.5 Å². The van der Waals surface area contributed by atoms with Crippen molar-refractivity contribution in [3.8, 4) is 0 Å². The van der Waals surface area contributed by atoms with E-state index in [4.69, 9.17) is 4.74 Å². The third-order valence-electron chi connectivity index (χ3n) is 3.22. The Morgan fingerprint density at radius 2 is 2.21 bits per heavy atom. The van der Waals surface area contributed by atoms with Crippen LogP contribution in [-0.4, -0.2) is 41.6 Å². The van der Waals surface area contributed by atoms with Gasteiger partial charge in [-0.2, -0.15) is 5.10 Å². The number of rotatable bonds is 10. The number of nitrogens with one attached hydrogen (secondary N) is 1. The Labute approximate surface area is 116 Å². The normalized spacial score (nSPS) is 13.1. The van der Waals surface area contributed by atoms with Gasteiger partial charge in [0.05, 0.1) is 6.61 Å². The minimum atomic E-state index is 0.376. The molecule has 1 aromatic heterocycles. The van der Waals surface area contributed by atoms with E-state index in [1.165, 1.54) is 12.8 Å². The predicted molar refractivity (Wildman–Crippen MR) is 77.3 cm³/mol. The van der Waals surface area contributed by atoms with Crippen LogP contribution >= 0.6 is 0 Å². The number of methoxy groups -OCH3 is 1. The number of nitrogens with zero attached hydrogens (tertiary/aromatic N) is 3. The Morgan fingerprint density at radius 1 is 1.42 bits per heavy atom. The number of aromatic nitrogens is 3. The molecule has 0 fully saturated rings. The molecule has 1 aromatic rings. The molecule has 0 aromatic carbocycles. The van der Waals surface area contributed by atoms with Crippen LogP contribution in [0.3, 0.4) is 0 Å². The van der Waals surface area contributed by atoms with E-state index in [1.54, 1.807) is 13.4 Å². The molecule has 0 bridgehead atoms. The monoisotopic (exact) mass is 268 g/mol. The maximum Gasteiger partial charge on any atom is 0.138 e.